The highest BCUT2D eigenvalue weighted by Crippen LogP contribution is 2.44. The van der Waals surface area contributed by atoms with Crippen molar-refractivity contribution >= 4 is 5.91 Å². The number of carbonyl (C=O) groups excluding carboxylic acids is 1. The van der Waals surface area contributed by atoms with Crippen LogP contribution in [0.2, 0.25) is 0 Å². The molecule has 3 heteroatoms. The van der Waals surface area contributed by atoms with E-state index in [4.69, 9.17) is 4.74 Å². The molecule has 2 aliphatic rings. The Labute approximate surface area is 143 Å². The van der Waals surface area contributed by atoms with Gasteiger partial charge < -0.3 is 10.1 Å². The first-order valence-electron chi connectivity index (χ1n) is 8.86. The van der Waals surface area contributed by atoms with Crippen molar-refractivity contribution in [2.45, 2.75) is 38.3 Å². The first-order chi connectivity index (χ1) is 11.8. The first kappa shape index (κ1) is 15.3. The summed E-state index contributed by atoms with van der Waals surface area (Å²) in [5.74, 6) is 2.15. The molecule has 0 radical (unpaired) electrons. The summed E-state index contributed by atoms with van der Waals surface area (Å²) in [5.41, 5.74) is 1.73. The van der Waals surface area contributed by atoms with Gasteiger partial charge in [-0.2, -0.15) is 0 Å². The van der Waals surface area contributed by atoms with Crippen molar-refractivity contribution in [3.8, 4) is 5.75 Å². The molecule has 2 saturated carbocycles. The second-order valence-electron chi connectivity index (χ2n) is 7.03. The number of benzene rings is 2. The van der Waals surface area contributed by atoms with Crippen LogP contribution in [-0.2, 0) is 6.61 Å². The van der Waals surface area contributed by atoms with E-state index in [0.717, 1.165) is 17.9 Å². The minimum Gasteiger partial charge on any atom is -0.488 e. The fourth-order valence-corrected chi connectivity index (χ4v) is 4.18. The van der Waals surface area contributed by atoms with E-state index in [9.17, 15) is 4.79 Å². The summed E-state index contributed by atoms with van der Waals surface area (Å²) < 4.78 is 5.91. The van der Waals surface area contributed by atoms with E-state index in [1.54, 1.807) is 0 Å². The lowest BCUT2D eigenvalue weighted by molar-refractivity contribution is 0.0918. The smallest absolute Gasteiger partial charge is 0.255 e. The Morgan fingerprint density at radius 1 is 1.00 bits per heavy atom. The molecule has 1 amide bonds. The normalized spacial score (nSPS) is 24.8. The Morgan fingerprint density at radius 2 is 1.79 bits per heavy atom. The quantitative estimate of drug-likeness (QED) is 0.897. The van der Waals surface area contributed by atoms with E-state index in [1.807, 2.05) is 54.6 Å². The van der Waals surface area contributed by atoms with Crippen LogP contribution in [0, 0.1) is 11.8 Å². The number of fused-ring (bicyclic) bond motifs is 2. The maximum Gasteiger partial charge on any atom is 0.255 e. The molecule has 0 aromatic heterocycles. The molecule has 2 bridgehead atoms. The van der Waals surface area contributed by atoms with Crippen LogP contribution in [-0.4, -0.2) is 11.9 Å². The highest BCUT2D eigenvalue weighted by molar-refractivity contribution is 5.97. The molecule has 3 nitrogen and oxygen atoms in total. The lowest BCUT2D eigenvalue weighted by atomic mass is 9.95. The van der Waals surface area contributed by atoms with Crippen LogP contribution < -0.4 is 10.1 Å². The number of hydrogen-bond donors (Lipinski definition) is 1. The molecule has 0 spiro atoms. The number of amides is 1. The van der Waals surface area contributed by atoms with Gasteiger partial charge in [-0.25, -0.2) is 0 Å². The molecule has 0 unspecified atom stereocenters. The third-order valence-electron chi connectivity index (χ3n) is 5.42. The van der Waals surface area contributed by atoms with Gasteiger partial charge in [-0.1, -0.05) is 48.9 Å². The summed E-state index contributed by atoms with van der Waals surface area (Å²) in [6.07, 6.45) is 5.04. The second kappa shape index (κ2) is 6.68. The van der Waals surface area contributed by atoms with E-state index in [-0.39, 0.29) is 5.91 Å². The molecule has 3 atom stereocenters. The number of ether oxygens (including phenoxy) is 1. The Balaban J connectivity index is 1.44. The molecule has 2 aliphatic carbocycles. The zero-order valence-electron chi connectivity index (χ0n) is 13.8. The van der Waals surface area contributed by atoms with Gasteiger partial charge in [-0.15, -0.1) is 0 Å². The molecule has 1 N–H and O–H groups in total. The summed E-state index contributed by atoms with van der Waals surface area (Å²) in [5, 5.41) is 3.25. The van der Waals surface area contributed by atoms with Crippen LogP contribution in [0.3, 0.4) is 0 Å². The predicted molar refractivity (Wildman–Crippen MR) is 93.9 cm³/mol. The average Bonchev–Trinajstić information content (AvgIpc) is 3.24. The molecule has 2 aromatic carbocycles. The van der Waals surface area contributed by atoms with Crippen molar-refractivity contribution in [1.82, 2.24) is 5.32 Å². The highest BCUT2D eigenvalue weighted by atomic mass is 16.5. The van der Waals surface area contributed by atoms with Gasteiger partial charge in [0.1, 0.15) is 12.4 Å². The van der Waals surface area contributed by atoms with Crippen LogP contribution in [0.4, 0.5) is 0 Å². The van der Waals surface area contributed by atoms with Crippen molar-refractivity contribution in [2.24, 2.45) is 11.8 Å². The van der Waals surface area contributed by atoms with E-state index in [1.165, 1.54) is 19.3 Å². The summed E-state index contributed by atoms with van der Waals surface area (Å²) in [7, 11) is 0. The molecule has 4 rings (SSSR count). The van der Waals surface area contributed by atoms with Crippen LogP contribution in [0.1, 0.15) is 41.6 Å². The van der Waals surface area contributed by atoms with E-state index < -0.39 is 0 Å². The van der Waals surface area contributed by atoms with Gasteiger partial charge in [-0.3, -0.25) is 4.79 Å². The van der Waals surface area contributed by atoms with Gasteiger partial charge in [0.05, 0.1) is 5.56 Å². The van der Waals surface area contributed by atoms with Crippen molar-refractivity contribution in [2.75, 3.05) is 0 Å². The third kappa shape index (κ3) is 3.16. The second-order valence-corrected chi connectivity index (χ2v) is 7.03. The van der Waals surface area contributed by atoms with E-state index in [2.05, 4.69) is 5.32 Å². The molecule has 2 fully saturated rings. The lowest BCUT2D eigenvalue weighted by Crippen LogP contribution is -2.38. The van der Waals surface area contributed by atoms with Gasteiger partial charge in [0.15, 0.2) is 0 Å². The lowest BCUT2D eigenvalue weighted by Gasteiger charge is -2.23. The Kier molecular flexibility index (Phi) is 4.24. The minimum absolute atomic E-state index is 0.00351. The number of carbonyl (C=O) groups is 1. The standard InChI is InChI=1S/C21H23NO2/c23-21(22-19-13-16-10-11-17(19)12-16)18-8-4-5-9-20(18)24-14-15-6-2-1-3-7-15/h1-9,16-17,19H,10-14H2,(H,22,23)/t16-,17-,19-/m1/s1. The van der Waals surface area contributed by atoms with Crippen LogP contribution in [0.25, 0.3) is 0 Å². The molecule has 0 heterocycles. The fraction of sp³-hybridized carbons (Fsp3) is 0.381. The Bertz CT molecular complexity index is 713. The van der Waals surface area contributed by atoms with Gasteiger partial charge in [0.25, 0.3) is 5.91 Å². The monoisotopic (exact) mass is 321 g/mol. The molecular formula is C21H23NO2. The van der Waals surface area contributed by atoms with Gasteiger partial charge in [-0.05, 0) is 48.8 Å². The number of rotatable bonds is 5. The summed E-state index contributed by atoms with van der Waals surface area (Å²) in [6, 6.07) is 17.9. The maximum atomic E-state index is 12.7. The van der Waals surface area contributed by atoms with Crippen molar-refractivity contribution in [1.29, 1.82) is 0 Å². The van der Waals surface area contributed by atoms with Gasteiger partial charge in [0.2, 0.25) is 0 Å². The van der Waals surface area contributed by atoms with Crippen LogP contribution in [0.5, 0.6) is 5.75 Å². The topological polar surface area (TPSA) is 38.3 Å². The van der Waals surface area contributed by atoms with E-state index >= 15 is 0 Å². The van der Waals surface area contributed by atoms with Crippen LogP contribution >= 0.6 is 0 Å². The number of para-hydroxylation sites is 1. The highest BCUT2D eigenvalue weighted by Gasteiger charge is 2.40. The molecule has 0 saturated heterocycles. The summed E-state index contributed by atoms with van der Waals surface area (Å²) in [6.45, 7) is 0.471. The predicted octanol–water partition coefficient (Wildman–Crippen LogP) is 4.18. The number of nitrogens with one attached hydrogen (secondary N) is 1. The van der Waals surface area contributed by atoms with Crippen molar-refractivity contribution in [3.05, 3.63) is 65.7 Å². The minimum atomic E-state index is -0.00351. The third-order valence-corrected chi connectivity index (χ3v) is 5.42. The van der Waals surface area contributed by atoms with E-state index in [0.29, 0.717) is 29.9 Å². The molecule has 0 aliphatic heterocycles. The van der Waals surface area contributed by atoms with Crippen molar-refractivity contribution < 1.29 is 9.53 Å². The van der Waals surface area contributed by atoms with Crippen LogP contribution in [0.15, 0.2) is 54.6 Å². The summed E-state index contributed by atoms with van der Waals surface area (Å²) >= 11 is 0. The first-order valence-corrected chi connectivity index (χ1v) is 8.86. The molecular weight excluding hydrogens is 298 g/mol. The van der Waals surface area contributed by atoms with Crippen molar-refractivity contribution in [3.63, 3.8) is 0 Å². The van der Waals surface area contributed by atoms with Gasteiger partial charge >= 0.3 is 0 Å². The summed E-state index contributed by atoms with van der Waals surface area (Å²) in [4.78, 5) is 12.7. The zero-order chi connectivity index (χ0) is 16.4. The Hall–Kier alpha value is -2.29. The molecule has 2 aromatic rings. The average molecular weight is 321 g/mol. The SMILES string of the molecule is O=C(N[C@@H]1C[C@@H]2CC[C@@H]1C2)c1ccccc1OCc1ccccc1. The molecule has 124 valence electrons. The molecule has 24 heavy (non-hydrogen) atoms. The Morgan fingerprint density at radius 3 is 2.54 bits per heavy atom. The maximum absolute atomic E-state index is 12.7. The van der Waals surface area contributed by atoms with Gasteiger partial charge in [0, 0.05) is 6.04 Å². The number of hydrogen-bond acceptors (Lipinski definition) is 2. The fourth-order valence-electron chi connectivity index (χ4n) is 4.18. The largest absolute Gasteiger partial charge is 0.488 e. The zero-order valence-corrected chi connectivity index (χ0v) is 13.8.